The molecule has 0 saturated carbocycles. The second-order valence-corrected chi connectivity index (χ2v) is 5.59. The summed E-state index contributed by atoms with van der Waals surface area (Å²) < 4.78 is 0. The second-order valence-electron chi connectivity index (χ2n) is 5.59. The van der Waals surface area contributed by atoms with E-state index in [1.165, 1.54) is 19.3 Å². The van der Waals surface area contributed by atoms with Gasteiger partial charge in [-0.3, -0.25) is 0 Å². The van der Waals surface area contributed by atoms with Crippen LogP contribution in [0.4, 0.5) is 5.82 Å². The maximum absolute atomic E-state index is 11.8. The molecule has 0 bridgehead atoms. The zero-order valence-electron chi connectivity index (χ0n) is 13.1. The van der Waals surface area contributed by atoms with Crippen molar-refractivity contribution in [1.82, 2.24) is 10.2 Å². The molecule has 1 fully saturated rings. The van der Waals surface area contributed by atoms with Gasteiger partial charge in [0.15, 0.2) is 5.82 Å². The highest BCUT2D eigenvalue weighted by Crippen LogP contribution is 2.26. The monoisotopic (exact) mass is 291 g/mol. The lowest BCUT2D eigenvalue weighted by Gasteiger charge is -2.27. The van der Waals surface area contributed by atoms with Crippen LogP contribution in [0.2, 0.25) is 0 Å². The average Bonchev–Trinajstić information content (AvgIpc) is 2.45. The molecule has 0 aromatic carbocycles. The molecule has 0 radical (unpaired) electrons. The lowest BCUT2D eigenvalue weighted by atomic mass is 10.0. The largest absolute Gasteiger partial charge is 0.478 e. The number of aromatic nitrogens is 2. The molecule has 1 saturated heterocycles. The van der Waals surface area contributed by atoms with Gasteiger partial charge in [-0.05, 0) is 31.2 Å². The average molecular weight is 291 g/mol. The second kappa shape index (κ2) is 7.38. The predicted molar refractivity (Wildman–Crippen MR) is 83.0 cm³/mol. The van der Waals surface area contributed by atoms with E-state index in [9.17, 15) is 9.90 Å². The number of anilines is 1. The highest BCUT2D eigenvalue weighted by Gasteiger charge is 2.24. The van der Waals surface area contributed by atoms with Crippen molar-refractivity contribution in [2.24, 2.45) is 0 Å². The molecule has 1 aliphatic heterocycles. The number of hydrogen-bond acceptors (Lipinski definition) is 4. The summed E-state index contributed by atoms with van der Waals surface area (Å²) in [6, 6.07) is 0. The van der Waals surface area contributed by atoms with Crippen molar-refractivity contribution < 1.29 is 9.90 Å². The fourth-order valence-electron chi connectivity index (χ4n) is 3.07. The van der Waals surface area contributed by atoms with Crippen molar-refractivity contribution in [2.45, 2.75) is 58.8 Å². The summed E-state index contributed by atoms with van der Waals surface area (Å²) in [5.74, 6) is -0.313. The van der Waals surface area contributed by atoms with E-state index in [1.54, 1.807) is 0 Å². The third-order valence-corrected chi connectivity index (χ3v) is 4.20. The van der Waals surface area contributed by atoms with Gasteiger partial charge in [-0.1, -0.05) is 33.1 Å². The Balaban J connectivity index is 2.43. The van der Waals surface area contributed by atoms with Gasteiger partial charge in [-0.25, -0.2) is 4.79 Å². The van der Waals surface area contributed by atoms with Gasteiger partial charge in [0, 0.05) is 13.1 Å². The molecule has 1 aliphatic rings. The first-order valence-electron chi connectivity index (χ1n) is 8.05. The van der Waals surface area contributed by atoms with Crippen LogP contribution in [0, 0.1) is 0 Å². The van der Waals surface area contributed by atoms with E-state index in [-0.39, 0.29) is 0 Å². The number of aryl methyl sites for hydroxylation is 1. The molecule has 5 heteroatoms. The van der Waals surface area contributed by atoms with Crippen molar-refractivity contribution in [1.29, 1.82) is 0 Å². The van der Waals surface area contributed by atoms with Crippen molar-refractivity contribution >= 4 is 11.8 Å². The SMILES string of the molecule is CCc1nnc(N2CCCCCCC2)c(C(=O)O)c1CC. The minimum Gasteiger partial charge on any atom is -0.478 e. The lowest BCUT2D eigenvalue weighted by Crippen LogP contribution is -2.31. The Bertz CT molecular complexity index is 495. The molecular weight excluding hydrogens is 266 g/mol. The van der Waals surface area contributed by atoms with Crippen LogP contribution >= 0.6 is 0 Å². The summed E-state index contributed by atoms with van der Waals surface area (Å²) in [6.07, 6.45) is 7.29. The first kappa shape index (κ1) is 15.7. The molecule has 1 aromatic heterocycles. The van der Waals surface area contributed by atoms with E-state index in [4.69, 9.17) is 0 Å². The first-order chi connectivity index (χ1) is 10.2. The summed E-state index contributed by atoms with van der Waals surface area (Å²) in [5.41, 5.74) is 2.02. The van der Waals surface area contributed by atoms with E-state index >= 15 is 0 Å². The molecule has 2 heterocycles. The molecule has 0 amide bonds. The van der Waals surface area contributed by atoms with Gasteiger partial charge < -0.3 is 10.0 Å². The number of aromatic carboxylic acids is 1. The van der Waals surface area contributed by atoms with E-state index in [0.717, 1.165) is 43.6 Å². The van der Waals surface area contributed by atoms with Crippen LogP contribution in [0.3, 0.4) is 0 Å². The number of hydrogen-bond donors (Lipinski definition) is 1. The Morgan fingerprint density at radius 1 is 1.05 bits per heavy atom. The molecule has 21 heavy (non-hydrogen) atoms. The topological polar surface area (TPSA) is 66.3 Å². The van der Waals surface area contributed by atoms with Crippen LogP contribution in [0.5, 0.6) is 0 Å². The van der Waals surface area contributed by atoms with Crippen molar-refractivity contribution in [2.75, 3.05) is 18.0 Å². The molecule has 2 rings (SSSR count). The molecule has 116 valence electrons. The van der Waals surface area contributed by atoms with Gasteiger partial charge in [0.05, 0.1) is 5.69 Å². The Morgan fingerprint density at radius 3 is 2.19 bits per heavy atom. The molecule has 0 atom stereocenters. The molecule has 1 N–H and O–H groups in total. The van der Waals surface area contributed by atoms with Crippen LogP contribution < -0.4 is 4.90 Å². The highest BCUT2D eigenvalue weighted by atomic mass is 16.4. The van der Waals surface area contributed by atoms with E-state index < -0.39 is 5.97 Å². The molecular formula is C16H25N3O2. The van der Waals surface area contributed by atoms with Crippen LogP contribution in [0.25, 0.3) is 0 Å². The van der Waals surface area contributed by atoms with Crippen LogP contribution in [-0.4, -0.2) is 34.4 Å². The summed E-state index contributed by atoms with van der Waals surface area (Å²) >= 11 is 0. The number of carbonyl (C=O) groups is 1. The van der Waals surface area contributed by atoms with Gasteiger partial charge in [0.25, 0.3) is 0 Å². The van der Waals surface area contributed by atoms with Crippen LogP contribution in [0.15, 0.2) is 0 Å². The summed E-state index contributed by atoms with van der Waals surface area (Å²) in [7, 11) is 0. The lowest BCUT2D eigenvalue weighted by molar-refractivity contribution is 0.0695. The van der Waals surface area contributed by atoms with Gasteiger partial charge in [-0.2, -0.15) is 5.10 Å². The number of rotatable bonds is 4. The summed E-state index contributed by atoms with van der Waals surface area (Å²) in [4.78, 5) is 13.9. The Labute approximate surface area is 126 Å². The predicted octanol–water partition coefficient (Wildman–Crippen LogP) is 3.07. The van der Waals surface area contributed by atoms with E-state index in [0.29, 0.717) is 17.8 Å². The Kier molecular flexibility index (Phi) is 5.53. The molecule has 0 aliphatic carbocycles. The van der Waals surface area contributed by atoms with Crippen LogP contribution in [-0.2, 0) is 12.8 Å². The van der Waals surface area contributed by atoms with Crippen LogP contribution in [0.1, 0.15) is 67.6 Å². The van der Waals surface area contributed by atoms with Crippen molar-refractivity contribution in [3.63, 3.8) is 0 Å². The maximum atomic E-state index is 11.8. The van der Waals surface area contributed by atoms with Gasteiger partial charge >= 0.3 is 5.97 Å². The molecule has 0 unspecified atom stereocenters. The number of nitrogens with zero attached hydrogens (tertiary/aromatic N) is 3. The van der Waals surface area contributed by atoms with Crippen molar-refractivity contribution in [3.8, 4) is 0 Å². The number of carboxylic acid groups (broad SMARTS) is 1. The molecule has 1 aromatic rings. The fourth-order valence-corrected chi connectivity index (χ4v) is 3.07. The first-order valence-corrected chi connectivity index (χ1v) is 8.05. The van der Waals surface area contributed by atoms with Crippen molar-refractivity contribution in [3.05, 3.63) is 16.8 Å². The fraction of sp³-hybridized carbons (Fsp3) is 0.688. The third-order valence-electron chi connectivity index (χ3n) is 4.20. The zero-order chi connectivity index (χ0) is 15.2. The standard InChI is InChI=1S/C16H25N3O2/c1-3-12-13(4-2)17-18-15(14(12)16(20)21)19-10-8-6-5-7-9-11-19/h3-11H2,1-2H3,(H,20,21). The van der Waals surface area contributed by atoms with Gasteiger partial charge in [0.1, 0.15) is 5.56 Å². The quantitative estimate of drug-likeness (QED) is 0.923. The number of carboxylic acids is 1. The normalized spacial score (nSPS) is 16.4. The molecule has 5 nitrogen and oxygen atoms in total. The summed E-state index contributed by atoms with van der Waals surface area (Å²) in [6.45, 7) is 5.73. The highest BCUT2D eigenvalue weighted by molar-refractivity contribution is 5.95. The Morgan fingerprint density at radius 2 is 1.67 bits per heavy atom. The zero-order valence-corrected chi connectivity index (χ0v) is 13.1. The third kappa shape index (κ3) is 3.52. The van der Waals surface area contributed by atoms with Gasteiger partial charge in [-0.15, -0.1) is 5.10 Å². The van der Waals surface area contributed by atoms with Gasteiger partial charge in [0.2, 0.25) is 0 Å². The van der Waals surface area contributed by atoms with E-state index in [2.05, 4.69) is 15.1 Å². The molecule has 0 spiro atoms. The minimum atomic E-state index is -0.881. The van der Waals surface area contributed by atoms with E-state index in [1.807, 2.05) is 13.8 Å². The minimum absolute atomic E-state index is 0.366. The summed E-state index contributed by atoms with van der Waals surface area (Å²) in [5, 5.41) is 18.2. The Hall–Kier alpha value is -1.65. The smallest absolute Gasteiger partial charge is 0.339 e. The maximum Gasteiger partial charge on any atom is 0.339 e.